The fourth-order valence-corrected chi connectivity index (χ4v) is 1.84. The Hall–Kier alpha value is -2.37. The maximum absolute atomic E-state index is 11.8. The molecule has 0 spiro atoms. The molecule has 0 aromatic heterocycles. The molecule has 1 aromatic carbocycles. The lowest BCUT2D eigenvalue weighted by molar-refractivity contribution is -0.137. The molecule has 0 bridgehead atoms. The molecule has 0 aliphatic carbocycles. The van der Waals surface area contributed by atoms with Gasteiger partial charge in [0.25, 0.3) is 0 Å². The van der Waals surface area contributed by atoms with Crippen LogP contribution in [-0.4, -0.2) is 29.4 Å². The van der Waals surface area contributed by atoms with E-state index in [9.17, 15) is 14.4 Å². The molecule has 0 saturated heterocycles. The third kappa shape index (κ3) is 8.60. The number of carboxylic acid groups (broad SMARTS) is 1. The van der Waals surface area contributed by atoms with Crippen molar-refractivity contribution < 1.29 is 19.5 Å². The van der Waals surface area contributed by atoms with Crippen molar-refractivity contribution >= 4 is 23.5 Å². The molecular weight excluding hydrogens is 296 g/mol. The molecule has 0 fully saturated rings. The minimum atomic E-state index is -1.08. The number of carbonyl (C=O) groups excluding carboxylic acids is 2. The van der Waals surface area contributed by atoms with Gasteiger partial charge in [0.05, 0.1) is 6.42 Å². The predicted molar refractivity (Wildman–Crippen MR) is 88.1 cm³/mol. The number of anilines is 1. The monoisotopic (exact) mass is 320 g/mol. The third-order valence-electron chi connectivity index (χ3n) is 3.14. The number of hydrogen-bond acceptors (Lipinski definition) is 3. The normalized spacial score (nSPS) is 10.9. The molecule has 0 aliphatic heterocycles. The molecule has 0 atom stereocenters. The van der Waals surface area contributed by atoms with Crippen molar-refractivity contribution in [3.05, 3.63) is 29.8 Å². The Balaban J connectivity index is 2.45. The average molecular weight is 320 g/mol. The third-order valence-corrected chi connectivity index (χ3v) is 3.14. The van der Waals surface area contributed by atoms with Crippen molar-refractivity contribution in [3.8, 4) is 0 Å². The standard InChI is InChI=1S/C17H24N2O4/c1-17(2,3)9-8-14(20)19-13-6-4-12(5-7-13)10-15(21)18-11-16(22)23/h4-7H,8-11H2,1-3H3,(H,18,21)(H,19,20)(H,22,23). The Kier molecular flexibility index (Phi) is 6.75. The summed E-state index contributed by atoms with van der Waals surface area (Å²) in [6.07, 6.45) is 1.37. The summed E-state index contributed by atoms with van der Waals surface area (Å²) in [5.41, 5.74) is 1.55. The van der Waals surface area contributed by atoms with E-state index in [1.165, 1.54) is 0 Å². The SMILES string of the molecule is CC(C)(C)CCC(=O)Nc1ccc(CC(=O)NCC(=O)O)cc1. The summed E-state index contributed by atoms with van der Waals surface area (Å²) >= 11 is 0. The molecule has 3 N–H and O–H groups in total. The van der Waals surface area contributed by atoms with Crippen LogP contribution in [0.2, 0.25) is 0 Å². The first kappa shape index (κ1) is 18.7. The van der Waals surface area contributed by atoms with Crippen molar-refractivity contribution in [2.75, 3.05) is 11.9 Å². The van der Waals surface area contributed by atoms with Crippen LogP contribution in [0.3, 0.4) is 0 Å². The number of carbonyl (C=O) groups is 3. The van der Waals surface area contributed by atoms with E-state index in [1.54, 1.807) is 24.3 Å². The van der Waals surface area contributed by atoms with E-state index >= 15 is 0 Å². The number of nitrogens with one attached hydrogen (secondary N) is 2. The summed E-state index contributed by atoms with van der Waals surface area (Å²) in [6.45, 7) is 5.88. The van der Waals surface area contributed by atoms with Crippen molar-refractivity contribution in [1.29, 1.82) is 0 Å². The lowest BCUT2D eigenvalue weighted by Crippen LogP contribution is -2.30. The Morgan fingerprint density at radius 1 is 1.04 bits per heavy atom. The molecule has 0 radical (unpaired) electrons. The predicted octanol–water partition coefficient (Wildman–Crippen LogP) is 2.19. The van der Waals surface area contributed by atoms with Gasteiger partial charge < -0.3 is 15.7 Å². The summed E-state index contributed by atoms with van der Waals surface area (Å²) in [5.74, 6) is -1.46. The highest BCUT2D eigenvalue weighted by molar-refractivity contribution is 5.90. The topological polar surface area (TPSA) is 95.5 Å². The van der Waals surface area contributed by atoms with Crippen LogP contribution >= 0.6 is 0 Å². The molecule has 2 amide bonds. The van der Waals surface area contributed by atoms with Crippen LogP contribution in [0.5, 0.6) is 0 Å². The maximum atomic E-state index is 11.8. The fourth-order valence-electron chi connectivity index (χ4n) is 1.84. The van der Waals surface area contributed by atoms with Crippen LogP contribution in [0.15, 0.2) is 24.3 Å². The molecule has 23 heavy (non-hydrogen) atoms. The van der Waals surface area contributed by atoms with Crippen molar-refractivity contribution in [1.82, 2.24) is 5.32 Å². The second-order valence-corrected chi connectivity index (χ2v) is 6.65. The molecule has 0 unspecified atom stereocenters. The molecule has 1 rings (SSSR count). The van der Waals surface area contributed by atoms with Gasteiger partial charge in [0.2, 0.25) is 11.8 Å². The number of carboxylic acids is 1. The lowest BCUT2D eigenvalue weighted by Gasteiger charge is -2.17. The van der Waals surface area contributed by atoms with Gasteiger partial charge in [0.15, 0.2) is 0 Å². The zero-order valence-corrected chi connectivity index (χ0v) is 13.8. The molecule has 6 heteroatoms. The highest BCUT2D eigenvalue weighted by Gasteiger charge is 2.13. The zero-order valence-electron chi connectivity index (χ0n) is 13.8. The van der Waals surface area contributed by atoms with Crippen LogP contribution in [0, 0.1) is 5.41 Å². The minimum absolute atomic E-state index is 0.0353. The van der Waals surface area contributed by atoms with Crippen LogP contribution in [0.4, 0.5) is 5.69 Å². The van der Waals surface area contributed by atoms with E-state index in [1.807, 2.05) is 0 Å². The molecule has 0 saturated carbocycles. The van der Waals surface area contributed by atoms with Crippen LogP contribution < -0.4 is 10.6 Å². The second-order valence-electron chi connectivity index (χ2n) is 6.65. The second kappa shape index (κ2) is 8.31. The number of rotatable bonds is 7. The lowest BCUT2D eigenvalue weighted by atomic mass is 9.90. The van der Waals surface area contributed by atoms with Gasteiger partial charge in [-0.15, -0.1) is 0 Å². The molecule has 6 nitrogen and oxygen atoms in total. The van der Waals surface area contributed by atoms with E-state index in [0.29, 0.717) is 12.1 Å². The van der Waals surface area contributed by atoms with Gasteiger partial charge in [-0.05, 0) is 29.5 Å². The highest BCUT2D eigenvalue weighted by Crippen LogP contribution is 2.21. The average Bonchev–Trinajstić information content (AvgIpc) is 2.44. The first-order chi connectivity index (χ1) is 10.7. The summed E-state index contributed by atoms with van der Waals surface area (Å²) in [4.78, 5) is 33.7. The minimum Gasteiger partial charge on any atom is -0.480 e. The van der Waals surface area contributed by atoms with E-state index in [4.69, 9.17) is 5.11 Å². The largest absolute Gasteiger partial charge is 0.480 e. The summed E-state index contributed by atoms with van der Waals surface area (Å²) < 4.78 is 0. The van der Waals surface area contributed by atoms with Gasteiger partial charge in [0.1, 0.15) is 6.54 Å². The molecule has 126 valence electrons. The summed E-state index contributed by atoms with van der Waals surface area (Å²) in [5, 5.41) is 13.6. The van der Waals surface area contributed by atoms with Gasteiger partial charge in [-0.25, -0.2) is 0 Å². The van der Waals surface area contributed by atoms with E-state index in [-0.39, 0.29) is 30.2 Å². The quantitative estimate of drug-likeness (QED) is 0.717. The van der Waals surface area contributed by atoms with Gasteiger partial charge in [0, 0.05) is 12.1 Å². The Labute approximate surface area is 136 Å². The van der Waals surface area contributed by atoms with Crippen molar-refractivity contribution in [3.63, 3.8) is 0 Å². The van der Waals surface area contributed by atoms with E-state index in [2.05, 4.69) is 31.4 Å². The van der Waals surface area contributed by atoms with Gasteiger partial charge in [-0.1, -0.05) is 32.9 Å². The van der Waals surface area contributed by atoms with Gasteiger partial charge in [-0.2, -0.15) is 0 Å². The van der Waals surface area contributed by atoms with E-state index in [0.717, 1.165) is 12.0 Å². The molecule has 1 aromatic rings. The highest BCUT2D eigenvalue weighted by atomic mass is 16.4. The maximum Gasteiger partial charge on any atom is 0.322 e. The van der Waals surface area contributed by atoms with Gasteiger partial charge in [-0.3, -0.25) is 14.4 Å². The van der Waals surface area contributed by atoms with E-state index < -0.39 is 5.97 Å². The zero-order chi connectivity index (χ0) is 17.5. The first-order valence-electron chi connectivity index (χ1n) is 7.53. The smallest absolute Gasteiger partial charge is 0.322 e. The van der Waals surface area contributed by atoms with Crippen LogP contribution in [0.25, 0.3) is 0 Å². The Bertz CT molecular complexity index is 559. The van der Waals surface area contributed by atoms with Crippen LogP contribution in [-0.2, 0) is 20.8 Å². The summed E-state index contributed by atoms with van der Waals surface area (Å²) in [7, 11) is 0. The van der Waals surface area contributed by atoms with Crippen molar-refractivity contribution in [2.24, 2.45) is 5.41 Å². The molecule has 0 heterocycles. The van der Waals surface area contributed by atoms with Gasteiger partial charge >= 0.3 is 5.97 Å². The number of aliphatic carboxylic acids is 1. The summed E-state index contributed by atoms with van der Waals surface area (Å²) in [6, 6.07) is 6.93. The fraction of sp³-hybridized carbons (Fsp3) is 0.471. The molecular formula is C17H24N2O4. The Morgan fingerprint density at radius 3 is 2.17 bits per heavy atom. The van der Waals surface area contributed by atoms with Crippen molar-refractivity contribution in [2.45, 2.75) is 40.0 Å². The first-order valence-corrected chi connectivity index (χ1v) is 7.53. The Morgan fingerprint density at radius 2 is 1.65 bits per heavy atom. The number of amides is 2. The molecule has 0 aliphatic rings. The number of benzene rings is 1. The number of hydrogen-bond donors (Lipinski definition) is 3. The van der Waals surface area contributed by atoms with Crippen LogP contribution in [0.1, 0.15) is 39.2 Å².